The lowest BCUT2D eigenvalue weighted by Gasteiger charge is -2.10. The van der Waals surface area contributed by atoms with Crippen LogP contribution in [0.15, 0.2) is 24.4 Å². The summed E-state index contributed by atoms with van der Waals surface area (Å²) in [6, 6.07) is 6.77. The minimum absolute atomic E-state index is 0.568. The van der Waals surface area contributed by atoms with Crippen LogP contribution in [-0.2, 0) is 13.1 Å². The fourth-order valence-electron chi connectivity index (χ4n) is 2.45. The van der Waals surface area contributed by atoms with Crippen molar-refractivity contribution >= 4 is 10.9 Å². The Balaban J connectivity index is 2.58. The van der Waals surface area contributed by atoms with E-state index in [-0.39, 0.29) is 0 Å². The first-order chi connectivity index (χ1) is 8.52. The molecule has 0 aliphatic rings. The molecule has 0 amide bonds. The summed E-state index contributed by atoms with van der Waals surface area (Å²) in [5, 5.41) is 1.31. The molecule has 0 aliphatic carbocycles. The van der Waals surface area contributed by atoms with Gasteiger partial charge in [-0.25, -0.2) is 0 Å². The standard InChI is InChI=1S/C16H24N2/c1-11(2)9-18-10-14(8-17)15-6-5-13(12(3)4)7-16(15)18/h5-7,10-12H,8-9,17H2,1-4H3. The van der Waals surface area contributed by atoms with E-state index in [4.69, 9.17) is 5.73 Å². The number of hydrogen-bond donors (Lipinski definition) is 1. The highest BCUT2D eigenvalue weighted by molar-refractivity contribution is 5.84. The maximum atomic E-state index is 5.84. The van der Waals surface area contributed by atoms with E-state index in [2.05, 4.69) is 56.7 Å². The maximum absolute atomic E-state index is 5.84. The number of nitrogens with zero attached hydrogens (tertiary/aromatic N) is 1. The van der Waals surface area contributed by atoms with Crippen molar-refractivity contribution in [2.24, 2.45) is 11.7 Å². The van der Waals surface area contributed by atoms with E-state index in [0.29, 0.717) is 18.4 Å². The van der Waals surface area contributed by atoms with E-state index in [9.17, 15) is 0 Å². The average Bonchev–Trinajstić information content (AvgIpc) is 2.66. The number of rotatable bonds is 4. The zero-order valence-corrected chi connectivity index (χ0v) is 11.9. The molecule has 2 nitrogen and oxygen atoms in total. The Bertz CT molecular complexity index is 535. The maximum Gasteiger partial charge on any atom is 0.0486 e. The normalized spacial score (nSPS) is 11.9. The van der Waals surface area contributed by atoms with Crippen LogP contribution in [0, 0.1) is 5.92 Å². The van der Waals surface area contributed by atoms with Crippen LogP contribution in [0.4, 0.5) is 0 Å². The highest BCUT2D eigenvalue weighted by Crippen LogP contribution is 2.26. The molecule has 2 rings (SSSR count). The van der Waals surface area contributed by atoms with Gasteiger partial charge in [-0.3, -0.25) is 0 Å². The lowest BCUT2D eigenvalue weighted by molar-refractivity contribution is 0.534. The summed E-state index contributed by atoms with van der Waals surface area (Å²) in [5.74, 6) is 1.21. The van der Waals surface area contributed by atoms with Gasteiger partial charge < -0.3 is 10.3 Å². The van der Waals surface area contributed by atoms with Crippen molar-refractivity contribution in [3.8, 4) is 0 Å². The van der Waals surface area contributed by atoms with E-state index in [0.717, 1.165) is 6.54 Å². The van der Waals surface area contributed by atoms with Gasteiger partial charge in [-0.05, 0) is 29.0 Å². The summed E-state index contributed by atoms with van der Waals surface area (Å²) < 4.78 is 2.36. The molecule has 0 saturated carbocycles. The number of fused-ring (bicyclic) bond motifs is 1. The minimum Gasteiger partial charge on any atom is -0.347 e. The number of benzene rings is 1. The van der Waals surface area contributed by atoms with Crippen molar-refractivity contribution in [3.05, 3.63) is 35.5 Å². The molecule has 0 atom stereocenters. The Hall–Kier alpha value is -1.28. The van der Waals surface area contributed by atoms with Gasteiger partial charge in [0.05, 0.1) is 0 Å². The second kappa shape index (κ2) is 5.15. The monoisotopic (exact) mass is 244 g/mol. The van der Waals surface area contributed by atoms with Gasteiger partial charge in [0.15, 0.2) is 0 Å². The molecular weight excluding hydrogens is 220 g/mol. The molecule has 0 saturated heterocycles. The molecule has 0 bridgehead atoms. The van der Waals surface area contributed by atoms with Crippen LogP contribution in [0.25, 0.3) is 10.9 Å². The van der Waals surface area contributed by atoms with E-state index in [1.54, 1.807) is 0 Å². The quantitative estimate of drug-likeness (QED) is 0.869. The molecule has 18 heavy (non-hydrogen) atoms. The molecule has 0 unspecified atom stereocenters. The number of nitrogens with two attached hydrogens (primary N) is 1. The predicted octanol–water partition coefficient (Wildman–Crippen LogP) is 3.88. The van der Waals surface area contributed by atoms with Gasteiger partial charge in [0.1, 0.15) is 0 Å². The van der Waals surface area contributed by atoms with Crippen molar-refractivity contribution < 1.29 is 0 Å². The van der Waals surface area contributed by atoms with Gasteiger partial charge >= 0.3 is 0 Å². The van der Waals surface area contributed by atoms with Crippen LogP contribution in [0.1, 0.15) is 44.7 Å². The summed E-state index contributed by atoms with van der Waals surface area (Å²) in [4.78, 5) is 0. The fourth-order valence-corrected chi connectivity index (χ4v) is 2.45. The Labute approximate surface area is 110 Å². The highest BCUT2D eigenvalue weighted by atomic mass is 15.0. The lowest BCUT2D eigenvalue weighted by atomic mass is 10.0. The average molecular weight is 244 g/mol. The smallest absolute Gasteiger partial charge is 0.0486 e. The van der Waals surface area contributed by atoms with Gasteiger partial charge in [0.2, 0.25) is 0 Å². The molecule has 0 aliphatic heterocycles. The summed E-state index contributed by atoms with van der Waals surface area (Å²) in [5.41, 5.74) is 9.82. The third-order valence-corrected chi connectivity index (χ3v) is 3.44. The third-order valence-electron chi connectivity index (χ3n) is 3.44. The molecule has 1 aromatic heterocycles. The van der Waals surface area contributed by atoms with Crippen LogP contribution in [0.2, 0.25) is 0 Å². The predicted molar refractivity (Wildman–Crippen MR) is 78.8 cm³/mol. The zero-order valence-electron chi connectivity index (χ0n) is 11.9. The molecule has 98 valence electrons. The van der Waals surface area contributed by atoms with Gasteiger partial charge in [0.25, 0.3) is 0 Å². The first kappa shape index (κ1) is 13.2. The van der Waals surface area contributed by atoms with Crippen molar-refractivity contribution in [3.63, 3.8) is 0 Å². The van der Waals surface area contributed by atoms with Crippen molar-refractivity contribution in [1.82, 2.24) is 4.57 Å². The molecule has 0 fully saturated rings. The Morgan fingerprint density at radius 3 is 2.44 bits per heavy atom. The second-order valence-corrected chi connectivity index (χ2v) is 5.84. The van der Waals surface area contributed by atoms with Crippen LogP contribution < -0.4 is 5.73 Å². The zero-order chi connectivity index (χ0) is 13.3. The summed E-state index contributed by atoms with van der Waals surface area (Å²) in [7, 11) is 0. The summed E-state index contributed by atoms with van der Waals surface area (Å²) in [6.07, 6.45) is 2.22. The minimum atomic E-state index is 0.568. The second-order valence-electron chi connectivity index (χ2n) is 5.84. The SMILES string of the molecule is CC(C)Cn1cc(CN)c2ccc(C(C)C)cc21. The van der Waals surface area contributed by atoms with Crippen molar-refractivity contribution in [2.75, 3.05) is 0 Å². The van der Waals surface area contributed by atoms with Crippen LogP contribution >= 0.6 is 0 Å². The van der Waals surface area contributed by atoms with E-state index in [1.807, 2.05) is 0 Å². The van der Waals surface area contributed by atoms with Gasteiger partial charge in [-0.1, -0.05) is 39.8 Å². The molecule has 0 radical (unpaired) electrons. The highest BCUT2D eigenvalue weighted by Gasteiger charge is 2.10. The summed E-state index contributed by atoms with van der Waals surface area (Å²) in [6.45, 7) is 10.6. The van der Waals surface area contributed by atoms with E-state index in [1.165, 1.54) is 22.0 Å². The van der Waals surface area contributed by atoms with Crippen molar-refractivity contribution in [2.45, 2.75) is 46.7 Å². The number of hydrogen-bond acceptors (Lipinski definition) is 1. The van der Waals surface area contributed by atoms with Crippen molar-refractivity contribution in [1.29, 1.82) is 0 Å². The molecule has 0 spiro atoms. The molecule has 2 heteroatoms. The first-order valence-electron chi connectivity index (χ1n) is 6.84. The van der Waals surface area contributed by atoms with Crippen LogP contribution in [0.3, 0.4) is 0 Å². The Morgan fingerprint density at radius 2 is 1.89 bits per heavy atom. The topological polar surface area (TPSA) is 30.9 Å². The Kier molecular flexibility index (Phi) is 3.76. The molecule has 2 N–H and O–H groups in total. The lowest BCUT2D eigenvalue weighted by Crippen LogP contribution is -2.03. The van der Waals surface area contributed by atoms with Gasteiger partial charge in [0, 0.05) is 30.2 Å². The van der Waals surface area contributed by atoms with Crippen LogP contribution in [-0.4, -0.2) is 4.57 Å². The third kappa shape index (κ3) is 2.44. The van der Waals surface area contributed by atoms with Gasteiger partial charge in [-0.15, -0.1) is 0 Å². The largest absolute Gasteiger partial charge is 0.347 e. The van der Waals surface area contributed by atoms with E-state index < -0.39 is 0 Å². The molecular formula is C16H24N2. The molecule has 2 aromatic rings. The first-order valence-corrected chi connectivity index (χ1v) is 6.84. The van der Waals surface area contributed by atoms with Crippen LogP contribution in [0.5, 0.6) is 0 Å². The van der Waals surface area contributed by atoms with E-state index >= 15 is 0 Å². The summed E-state index contributed by atoms with van der Waals surface area (Å²) >= 11 is 0. The Morgan fingerprint density at radius 1 is 1.17 bits per heavy atom. The molecule has 1 heterocycles. The molecule has 1 aromatic carbocycles. The number of aromatic nitrogens is 1. The fraction of sp³-hybridized carbons (Fsp3) is 0.500. The van der Waals surface area contributed by atoms with Gasteiger partial charge in [-0.2, -0.15) is 0 Å².